The van der Waals surface area contributed by atoms with E-state index in [9.17, 15) is 0 Å². The van der Waals surface area contributed by atoms with Crippen molar-refractivity contribution in [1.82, 2.24) is 0 Å². The van der Waals surface area contributed by atoms with E-state index in [2.05, 4.69) is 162 Å². The van der Waals surface area contributed by atoms with Gasteiger partial charge < -0.3 is 0 Å². The summed E-state index contributed by atoms with van der Waals surface area (Å²) in [7, 11) is -1.42. The lowest BCUT2D eigenvalue weighted by atomic mass is 9.80. The molecule has 44 heavy (non-hydrogen) atoms. The maximum absolute atomic E-state index is 2.52. The van der Waals surface area contributed by atoms with Gasteiger partial charge >= 0.3 is 0 Å². The van der Waals surface area contributed by atoms with Crippen molar-refractivity contribution in [2.24, 2.45) is 0 Å². The van der Waals surface area contributed by atoms with E-state index in [1.54, 1.807) is 0 Å². The predicted octanol–water partition coefficient (Wildman–Crippen LogP) is 11.6. The fraction of sp³-hybridized carbons (Fsp3) is 0.163. The summed E-state index contributed by atoms with van der Waals surface area (Å²) < 4.78 is 0. The maximum Gasteiger partial charge on any atom is 0.0776 e. The molecular formula is C43H38Si. The lowest BCUT2D eigenvalue weighted by molar-refractivity contribution is 0.661. The van der Waals surface area contributed by atoms with Gasteiger partial charge in [-0.05, 0) is 95.4 Å². The first kappa shape index (κ1) is 27.1. The molecule has 0 bridgehead atoms. The summed E-state index contributed by atoms with van der Waals surface area (Å²) in [5, 5.41) is 9.38. The van der Waals surface area contributed by atoms with Crippen molar-refractivity contribution in [3.63, 3.8) is 0 Å². The summed E-state index contributed by atoms with van der Waals surface area (Å²) in [6.45, 7) is 14.4. The molecule has 0 radical (unpaired) electrons. The number of hydrogen-bond acceptors (Lipinski definition) is 0. The molecule has 0 amide bonds. The average molecular weight is 583 g/mol. The molecule has 7 aromatic carbocycles. The lowest BCUT2D eigenvalue weighted by Crippen LogP contribution is -2.38. The molecule has 0 fully saturated rings. The molecule has 0 aliphatic heterocycles. The van der Waals surface area contributed by atoms with E-state index < -0.39 is 8.07 Å². The summed E-state index contributed by atoms with van der Waals surface area (Å²) in [5.74, 6) is 0. The molecule has 214 valence electrons. The van der Waals surface area contributed by atoms with E-state index in [4.69, 9.17) is 0 Å². The van der Waals surface area contributed by atoms with Crippen LogP contribution >= 0.6 is 0 Å². The zero-order valence-corrected chi connectivity index (χ0v) is 27.5. The van der Waals surface area contributed by atoms with Gasteiger partial charge in [0.25, 0.3) is 0 Å². The Morgan fingerprint density at radius 1 is 0.455 bits per heavy atom. The van der Waals surface area contributed by atoms with Crippen LogP contribution in [-0.4, -0.2) is 8.07 Å². The Morgan fingerprint density at radius 3 is 1.52 bits per heavy atom. The van der Waals surface area contributed by atoms with Crippen LogP contribution in [0.4, 0.5) is 0 Å². The van der Waals surface area contributed by atoms with Gasteiger partial charge in [-0.1, -0.05) is 154 Å². The van der Waals surface area contributed by atoms with Crippen molar-refractivity contribution in [3.8, 4) is 33.4 Å². The highest BCUT2D eigenvalue weighted by Crippen LogP contribution is 2.51. The fourth-order valence-corrected chi connectivity index (χ4v) is 8.92. The first-order chi connectivity index (χ1) is 21.1. The van der Waals surface area contributed by atoms with Crippen LogP contribution < -0.4 is 5.19 Å². The van der Waals surface area contributed by atoms with Gasteiger partial charge in [-0.2, -0.15) is 0 Å². The topological polar surface area (TPSA) is 0 Å². The minimum Gasteiger partial charge on any atom is -0.0656 e. The summed E-state index contributed by atoms with van der Waals surface area (Å²) >= 11 is 0. The summed E-state index contributed by atoms with van der Waals surface area (Å²) in [6.07, 6.45) is 0. The number of rotatable bonds is 3. The molecule has 0 saturated heterocycles. The minimum absolute atomic E-state index is 0.0529. The normalized spacial score (nSPS) is 13.9. The third-order valence-electron chi connectivity index (χ3n) is 10.2. The Bertz CT molecular complexity index is 2240. The predicted molar refractivity (Wildman–Crippen MR) is 195 cm³/mol. The van der Waals surface area contributed by atoms with Gasteiger partial charge in [-0.15, -0.1) is 0 Å². The first-order valence-corrected chi connectivity index (χ1v) is 19.4. The Balaban J connectivity index is 1.41. The molecule has 1 aliphatic rings. The van der Waals surface area contributed by atoms with E-state index in [-0.39, 0.29) is 5.41 Å². The monoisotopic (exact) mass is 582 g/mol. The average Bonchev–Trinajstić information content (AvgIpc) is 3.25. The molecule has 0 spiro atoms. The third-order valence-corrected chi connectivity index (χ3v) is 12.2. The molecular weight excluding hydrogens is 545 g/mol. The quantitative estimate of drug-likeness (QED) is 0.144. The molecule has 0 unspecified atom stereocenters. The van der Waals surface area contributed by atoms with E-state index in [1.807, 2.05) is 0 Å². The van der Waals surface area contributed by atoms with E-state index in [1.165, 1.54) is 87.6 Å². The first-order valence-electron chi connectivity index (χ1n) is 15.9. The van der Waals surface area contributed by atoms with Crippen LogP contribution in [-0.2, 0) is 5.41 Å². The van der Waals surface area contributed by atoms with Crippen molar-refractivity contribution < 1.29 is 0 Å². The highest BCUT2D eigenvalue weighted by molar-refractivity contribution is 6.88. The van der Waals surface area contributed by atoms with Gasteiger partial charge in [0.2, 0.25) is 0 Å². The molecule has 1 aliphatic carbocycles. The van der Waals surface area contributed by atoms with Crippen LogP contribution in [0.15, 0.2) is 121 Å². The van der Waals surface area contributed by atoms with Gasteiger partial charge in [0.05, 0.1) is 8.07 Å². The van der Waals surface area contributed by atoms with E-state index >= 15 is 0 Å². The van der Waals surface area contributed by atoms with Crippen LogP contribution in [0.1, 0.15) is 30.5 Å². The number of fused-ring (bicyclic) bond motifs is 6. The summed E-state index contributed by atoms with van der Waals surface area (Å²) in [5.41, 5.74) is 12.2. The smallest absolute Gasteiger partial charge is 0.0656 e. The van der Waals surface area contributed by atoms with Crippen LogP contribution in [0.25, 0.3) is 65.7 Å². The number of benzene rings is 7. The Morgan fingerprint density at radius 2 is 0.932 bits per heavy atom. The molecule has 8 rings (SSSR count). The van der Waals surface area contributed by atoms with E-state index in [0.29, 0.717) is 0 Å². The number of hydrogen-bond donors (Lipinski definition) is 0. The highest BCUT2D eigenvalue weighted by atomic mass is 28.3. The molecule has 0 N–H and O–H groups in total. The van der Waals surface area contributed by atoms with Crippen molar-refractivity contribution >= 4 is 45.6 Å². The summed E-state index contributed by atoms with van der Waals surface area (Å²) in [6, 6.07) is 46.1. The molecule has 7 aromatic rings. The molecule has 1 heteroatoms. The van der Waals surface area contributed by atoms with Gasteiger partial charge in [-0.25, -0.2) is 0 Å². The summed E-state index contributed by atoms with van der Waals surface area (Å²) in [4.78, 5) is 0. The fourth-order valence-electron chi connectivity index (χ4n) is 7.76. The molecule has 0 aromatic heterocycles. The van der Waals surface area contributed by atoms with Crippen molar-refractivity contribution in [2.45, 2.75) is 45.8 Å². The molecule has 0 saturated carbocycles. The SMILES string of the molecule is Cc1ccc(-c2c3ccccc3c(-c3ccc4c(c3)C(C)(C)c3cc([Si](C)(C)C)ccc3-4)c3ccccc23)c2ccccc12. The molecule has 0 heterocycles. The zero-order chi connectivity index (χ0) is 30.4. The van der Waals surface area contributed by atoms with Crippen LogP contribution in [0.5, 0.6) is 0 Å². The zero-order valence-electron chi connectivity index (χ0n) is 26.5. The largest absolute Gasteiger partial charge is 0.0776 e. The van der Waals surface area contributed by atoms with Gasteiger partial charge in [0.1, 0.15) is 0 Å². The second kappa shape index (κ2) is 9.52. The van der Waals surface area contributed by atoms with Crippen molar-refractivity contribution in [2.75, 3.05) is 0 Å². The Labute approximate surface area is 262 Å². The van der Waals surface area contributed by atoms with Crippen molar-refractivity contribution in [1.29, 1.82) is 0 Å². The van der Waals surface area contributed by atoms with Crippen LogP contribution in [0, 0.1) is 6.92 Å². The van der Waals surface area contributed by atoms with Gasteiger partial charge in [-0.3, -0.25) is 0 Å². The van der Waals surface area contributed by atoms with Crippen LogP contribution in [0.3, 0.4) is 0 Å². The molecule has 0 atom stereocenters. The maximum atomic E-state index is 2.52. The third kappa shape index (κ3) is 3.89. The number of aryl methyl sites for hydroxylation is 1. The second-order valence-electron chi connectivity index (χ2n) is 14.2. The lowest BCUT2D eigenvalue weighted by Gasteiger charge is -2.25. The van der Waals surface area contributed by atoms with Crippen molar-refractivity contribution in [3.05, 3.63) is 138 Å². The minimum atomic E-state index is -1.42. The second-order valence-corrected chi connectivity index (χ2v) is 19.3. The Hall–Kier alpha value is -4.46. The standard InChI is InChI=1S/C43H38Si/c1-27-19-22-38(31-14-8-7-13-30(27)31)42-36-17-11-9-15-34(36)41(35-16-10-12-18-37(35)42)28-20-23-32-33-24-21-29(44(4,5)6)26-40(33)43(2,3)39(32)25-28/h7-26H,1-6H3. The van der Waals surface area contributed by atoms with E-state index in [0.717, 1.165) is 0 Å². The Kier molecular flexibility index (Phi) is 5.86. The van der Waals surface area contributed by atoms with Gasteiger partial charge in [0.15, 0.2) is 0 Å². The highest BCUT2D eigenvalue weighted by Gasteiger charge is 2.37. The molecule has 0 nitrogen and oxygen atoms in total. The van der Waals surface area contributed by atoms with Crippen LogP contribution in [0.2, 0.25) is 19.6 Å². The van der Waals surface area contributed by atoms with Gasteiger partial charge in [0, 0.05) is 5.41 Å².